The Balaban J connectivity index is 1.47. The predicted octanol–water partition coefficient (Wildman–Crippen LogP) is 4.38. The van der Waals surface area contributed by atoms with Crippen molar-refractivity contribution in [2.24, 2.45) is 0 Å². The summed E-state index contributed by atoms with van der Waals surface area (Å²) in [6, 6.07) is 12.6. The number of benzene rings is 2. The van der Waals surface area contributed by atoms with Crippen molar-refractivity contribution in [2.75, 3.05) is 19.7 Å². The Hall–Kier alpha value is -3.55. The van der Waals surface area contributed by atoms with E-state index >= 15 is 0 Å². The first-order valence-electron chi connectivity index (χ1n) is 11.6. The van der Waals surface area contributed by atoms with Crippen LogP contribution in [-0.4, -0.2) is 51.5 Å². The van der Waals surface area contributed by atoms with Crippen LogP contribution in [0.2, 0.25) is 0 Å². The zero-order valence-corrected chi connectivity index (χ0v) is 19.2. The number of hydrogen-bond acceptors (Lipinski definition) is 6. The maximum Gasteiger partial charge on any atom is 0.305 e. The molecule has 1 fully saturated rings. The molecule has 0 bridgehead atoms. The van der Waals surface area contributed by atoms with E-state index in [4.69, 9.17) is 4.74 Å². The van der Waals surface area contributed by atoms with Crippen LogP contribution < -0.4 is 0 Å². The van der Waals surface area contributed by atoms with Gasteiger partial charge < -0.3 is 14.7 Å². The van der Waals surface area contributed by atoms with Gasteiger partial charge in [-0.2, -0.15) is 0 Å². The fourth-order valence-corrected chi connectivity index (χ4v) is 4.34. The second kappa shape index (κ2) is 10.6. The number of nitrogens with zero attached hydrogens (tertiary/aromatic N) is 3. The Kier molecular flexibility index (Phi) is 7.35. The molecule has 1 aliphatic heterocycles. The van der Waals surface area contributed by atoms with Gasteiger partial charge in [-0.15, -0.1) is 0 Å². The molecule has 178 valence electrons. The monoisotopic (exact) mass is 465 g/mol. The number of carbonyl (C=O) groups excluding carboxylic acids is 2. The van der Waals surface area contributed by atoms with Gasteiger partial charge in [0.1, 0.15) is 11.5 Å². The lowest BCUT2D eigenvalue weighted by atomic mass is 9.99. The summed E-state index contributed by atoms with van der Waals surface area (Å²) < 4.78 is 19.7. The molecule has 34 heavy (non-hydrogen) atoms. The minimum atomic E-state index is -0.684. The molecule has 0 unspecified atom stereocenters. The summed E-state index contributed by atoms with van der Waals surface area (Å²) in [5.74, 6) is -1.36. The van der Waals surface area contributed by atoms with Crippen molar-refractivity contribution >= 4 is 22.9 Å². The first-order chi connectivity index (χ1) is 16.5. The molecule has 2 aromatic carbocycles. The third-order valence-electron chi connectivity index (χ3n) is 6.13. The highest BCUT2D eigenvalue weighted by atomic mass is 19.1. The summed E-state index contributed by atoms with van der Waals surface area (Å²) in [4.78, 5) is 34.8. The fourth-order valence-electron chi connectivity index (χ4n) is 4.34. The summed E-state index contributed by atoms with van der Waals surface area (Å²) in [5.41, 5.74) is 2.01. The third kappa shape index (κ3) is 5.32. The zero-order chi connectivity index (χ0) is 24.1. The van der Waals surface area contributed by atoms with Gasteiger partial charge in [-0.1, -0.05) is 30.3 Å². The second-order valence-electron chi connectivity index (χ2n) is 8.47. The van der Waals surface area contributed by atoms with E-state index < -0.39 is 5.82 Å². The van der Waals surface area contributed by atoms with Gasteiger partial charge in [0.15, 0.2) is 0 Å². The lowest BCUT2D eigenvalue weighted by Crippen LogP contribution is -2.29. The summed E-state index contributed by atoms with van der Waals surface area (Å²) in [6.07, 6.45) is 2.71. The van der Waals surface area contributed by atoms with Crippen LogP contribution in [0.25, 0.3) is 11.0 Å². The van der Waals surface area contributed by atoms with Gasteiger partial charge in [0, 0.05) is 31.5 Å². The number of amides is 1. The van der Waals surface area contributed by atoms with Crippen LogP contribution in [0.5, 0.6) is 5.88 Å². The number of aryl methyl sites for hydroxylation is 1. The molecule has 1 atom stereocenters. The molecule has 8 heteroatoms. The van der Waals surface area contributed by atoms with Gasteiger partial charge in [-0.3, -0.25) is 9.59 Å². The van der Waals surface area contributed by atoms with Crippen molar-refractivity contribution in [2.45, 2.75) is 44.9 Å². The lowest BCUT2D eigenvalue weighted by molar-refractivity contribution is -0.143. The number of hydrogen-bond donors (Lipinski definition) is 1. The van der Waals surface area contributed by atoms with E-state index in [1.165, 1.54) is 11.6 Å². The van der Waals surface area contributed by atoms with Crippen LogP contribution in [0.3, 0.4) is 0 Å². The number of aromatic hydroxyl groups is 1. The van der Waals surface area contributed by atoms with Gasteiger partial charge in [-0.25, -0.2) is 14.4 Å². The van der Waals surface area contributed by atoms with Crippen LogP contribution in [0, 0.1) is 5.82 Å². The number of carbonyl (C=O) groups is 2. The van der Waals surface area contributed by atoms with Gasteiger partial charge in [0.25, 0.3) is 5.91 Å². The molecule has 7 nitrogen and oxygen atoms in total. The third-order valence-corrected chi connectivity index (χ3v) is 6.13. The Morgan fingerprint density at radius 1 is 1.15 bits per heavy atom. The molecule has 0 saturated carbocycles. The molecule has 3 aromatic rings. The molecule has 1 saturated heterocycles. The molecule has 1 aromatic heterocycles. The minimum absolute atomic E-state index is 0.0468. The van der Waals surface area contributed by atoms with Gasteiger partial charge >= 0.3 is 5.97 Å². The maximum atomic E-state index is 14.8. The van der Waals surface area contributed by atoms with Crippen LogP contribution in [0.1, 0.15) is 60.1 Å². The fraction of sp³-hybridized carbons (Fsp3) is 0.385. The largest absolute Gasteiger partial charge is 0.492 e. The van der Waals surface area contributed by atoms with Crippen molar-refractivity contribution < 1.29 is 23.8 Å². The minimum Gasteiger partial charge on any atom is -0.492 e. The van der Waals surface area contributed by atoms with E-state index in [0.29, 0.717) is 56.6 Å². The molecular formula is C26H28FN3O4. The van der Waals surface area contributed by atoms with Crippen molar-refractivity contribution in [3.05, 3.63) is 65.1 Å². The Morgan fingerprint density at radius 3 is 2.68 bits per heavy atom. The quantitative estimate of drug-likeness (QED) is 0.392. The number of fused-ring (bicyclic) bond motifs is 1. The molecule has 1 amide bonds. The molecular weight excluding hydrogens is 437 g/mol. The van der Waals surface area contributed by atoms with Gasteiger partial charge in [-0.05, 0) is 44.2 Å². The van der Waals surface area contributed by atoms with Crippen LogP contribution >= 0.6 is 0 Å². The number of unbranched alkanes of at least 4 members (excludes halogenated alkanes) is 1. The van der Waals surface area contributed by atoms with E-state index in [2.05, 4.69) is 9.97 Å². The highest BCUT2D eigenvalue weighted by Gasteiger charge is 2.29. The Bertz CT molecular complexity index is 1190. The first-order valence-corrected chi connectivity index (χ1v) is 11.6. The average Bonchev–Trinajstić information content (AvgIpc) is 3.33. The van der Waals surface area contributed by atoms with E-state index in [1.807, 2.05) is 30.3 Å². The smallest absolute Gasteiger partial charge is 0.305 e. The predicted molar refractivity (Wildman–Crippen MR) is 125 cm³/mol. The molecule has 1 aliphatic rings. The summed E-state index contributed by atoms with van der Waals surface area (Å²) >= 11 is 0. The summed E-state index contributed by atoms with van der Waals surface area (Å²) in [6.45, 7) is 3.20. The first kappa shape index (κ1) is 23.6. The van der Waals surface area contributed by atoms with Crippen LogP contribution in [0.4, 0.5) is 4.39 Å². The molecule has 2 heterocycles. The molecule has 4 rings (SSSR count). The molecule has 0 aliphatic carbocycles. The van der Waals surface area contributed by atoms with Crippen molar-refractivity contribution in [1.82, 2.24) is 14.9 Å². The standard InChI is InChI=1S/C26H28FN3O4/c1-2-34-24(31)11-7-6-10-21-25(32)29-23-15-20(27)19(14-22(23)28-21)26(33)30-13-12-18(16-30)17-8-4-3-5-9-17/h3-5,8-9,14-15,18H,2,6-7,10-13,16H2,1H3,(H,29,32)/t18-/m1/s1. The Morgan fingerprint density at radius 2 is 1.91 bits per heavy atom. The number of likely N-dealkylation sites (tertiary alicyclic amines) is 1. The van der Waals surface area contributed by atoms with E-state index in [9.17, 15) is 19.1 Å². The molecule has 0 spiro atoms. The van der Waals surface area contributed by atoms with E-state index in [1.54, 1.807) is 11.8 Å². The second-order valence-corrected chi connectivity index (χ2v) is 8.47. The number of rotatable bonds is 8. The molecule has 1 N–H and O–H groups in total. The van der Waals surface area contributed by atoms with Gasteiger partial charge in [0.05, 0.1) is 23.2 Å². The maximum absolute atomic E-state index is 14.8. The highest BCUT2D eigenvalue weighted by molar-refractivity contribution is 5.98. The Labute approximate surface area is 197 Å². The van der Waals surface area contributed by atoms with Crippen LogP contribution in [0.15, 0.2) is 42.5 Å². The van der Waals surface area contributed by atoms with Crippen molar-refractivity contribution in [3.8, 4) is 5.88 Å². The number of halogens is 1. The summed E-state index contributed by atoms with van der Waals surface area (Å²) in [7, 11) is 0. The topological polar surface area (TPSA) is 92.6 Å². The van der Waals surface area contributed by atoms with Crippen LogP contribution in [-0.2, 0) is 16.0 Å². The number of esters is 1. The zero-order valence-electron chi connectivity index (χ0n) is 19.2. The normalized spacial score (nSPS) is 15.6. The SMILES string of the molecule is CCOC(=O)CCCCc1nc2cc(C(=O)N3CC[C@@H](c4ccccc4)C3)c(F)cc2nc1O. The van der Waals surface area contributed by atoms with Crippen molar-refractivity contribution in [3.63, 3.8) is 0 Å². The number of aromatic nitrogens is 2. The summed E-state index contributed by atoms with van der Waals surface area (Å²) in [5, 5.41) is 10.2. The lowest BCUT2D eigenvalue weighted by Gasteiger charge is -2.17. The van der Waals surface area contributed by atoms with E-state index in [-0.39, 0.29) is 34.8 Å². The highest BCUT2D eigenvalue weighted by Crippen LogP contribution is 2.29. The molecule has 0 radical (unpaired) electrons. The average molecular weight is 466 g/mol. The van der Waals surface area contributed by atoms with Gasteiger partial charge in [0.2, 0.25) is 5.88 Å². The number of ether oxygens (including phenoxy) is 1. The van der Waals surface area contributed by atoms with E-state index in [0.717, 1.165) is 12.5 Å². The van der Waals surface area contributed by atoms with Crippen molar-refractivity contribution in [1.29, 1.82) is 0 Å².